The molecular formula is C14H23F3N4O2. The Morgan fingerprint density at radius 2 is 2.04 bits per heavy atom. The summed E-state index contributed by atoms with van der Waals surface area (Å²) in [7, 11) is 2.97. The summed E-state index contributed by atoms with van der Waals surface area (Å²) in [5.74, 6) is 0. The molecule has 6 nitrogen and oxygen atoms in total. The maximum absolute atomic E-state index is 13.0. The average molecular weight is 336 g/mol. The fourth-order valence-electron chi connectivity index (χ4n) is 2.82. The zero-order chi connectivity index (χ0) is 17.0. The van der Waals surface area contributed by atoms with Gasteiger partial charge in [0.15, 0.2) is 0 Å². The number of aliphatic hydroxyl groups is 1. The van der Waals surface area contributed by atoms with E-state index in [9.17, 15) is 18.3 Å². The molecule has 1 N–H and O–H groups in total. The number of nitrogens with zero attached hydrogens (tertiary/aromatic N) is 4. The Morgan fingerprint density at radius 1 is 1.39 bits per heavy atom. The molecule has 1 atom stereocenters. The predicted octanol–water partition coefficient (Wildman–Crippen LogP) is 0.564. The third-order valence-electron chi connectivity index (χ3n) is 3.82. The van der Waals surface area contributed by atoms with E-state index >= 15 is 0 Å². The van der Waals surface area contributed by atoms with Crippen LogP contribution in [0.2, 0.25) is 0 Å². The van der Waals surface area contributed by atoms with Crippen LogP contribution in [0.15, 0.2) is 6.20 Å². The first-order chi connectivity index (χ1) is 10.8. The Balaban J connectivity index is 1.88. The van der Waals surface area contributed by atoms with Crippen LogP contribution in [0.25, 0.3) is 0 Å². The van der Waals surface area contributed by atoms with E-state index in [2.05, 4.69) is 10.00 Å². The van der Waals surface area contributed by atoms with Gasteiger partial charge in [-0.3, -0.25) is 14.5 Å². The zero-order valence-electron chi connectivity index (χ0n) is 13.4. The van der Waals surface area contributed by atoms with Crippen molar-refractivity contribution < 1.29 is 23.0 Å². The quantitative estimate of drug-likeness (QED) is 0.823. The fraction of sp³-hybridized carbons (Fsp3) is 0.786. The number of halogens is 3. The second-order valence-corrected chi connectivity index (χ2v) is 5.90. The molecular weight excluding hydrogens is 313 g/mol. The van der Waals surface area contributed by atoms with E-state index in [4.69, 9.17) is 4.74 Å². The Morgan fingerprint density at radius 3 is 2.65 bits per heavy atom. The molecule has 1 saturated heterocycles. The Hall–Kier alpha value is -1.16. The van der Waals surface area contributed by atoms with E-state index in [0.717, 1.165) is 17.8 Å². The van der Waals surface area contributed by atoms with Gasteiger partial charge in [0.2, 0.25) is 0 Å². The van der Waals surface area contributed by atoms with Crippen LogP contribution in [0.5, 0.6) is 0 Å². The lowest BCUT2D eigenvalue weighted by molar-refractivity contribution is -0.144. The van der Waals surface area contributed by atoms with Crippen LogP contribution >= 0.6 is 0 Å². The first-order valence-corrected chi connectivity index (χ1v) is 7.52. The number of likely N-dealkylation sites (N-methyl/N-ethyl adjacent to an activating group) is 1. The molecule has 2 heterocycles. The van der Waals surface area contributed by atoms with Crippen LogP contribution in [0, 0.1) is 0 Å². The van der Waals surface area contributed by atoms with Gasteiger partial charge < -0.3 is 9.84 Å². The van der Waals surface area contributed by atoms with Gasteiger partial charge in [0, 0.05) is 45.3 Å². The third-order valence-corrected chi connectivity index (χ3v) is 3.82. The molecule has 9 heteroatoms. The van der Waals surface area contributed by atoms with Gasteiger partial charge in [-0.05, 0) is 7.05 Å². The van der Waals surface area contributed by atoms with Crippen LogP contribution < -0.4 is 0 Å². The van der Waals surface area contributed by atoms with Gasteiger partial charge in [-0.25, -0.2) is 0 Å². The number of β-amino-alcohol motifs (C(OH)–C–C–N with tert-alkyl or cyclic N) is 1. The Bertz CT molecular complexity index is 501. The summed E-state index contributed by atoms with van der Waals surface area (Å²) in [5, 5.41) is 13.8. The molecule has 0 aromatic carbocycles. The fourth-order valence-corrected chi connectivity index (χ4v) is 2.82. The van der Waals surface area contributed by atoms with E-state index in [-0.39, 0.29) is 12.1 Å². The number of aliphatic hydroxyl groups excluding tert-OH is 1. The molecule has 0 radical (unpaired) electrons. The van der Waals surface area contributed by atoms with Crippen molar-refractivity contribution >= 4 is 0 Å². The van der Waals surface area contributed by atoms with E-state index in [0.29, 0.717) is 26.3 Å². The summed E-state index contributed by atoms with van der Waals surface area (Å²) in [6.45, 7) is 3.70. The van der Waals surface area contributed by atoms with Crippen molar-refractivity contribution in [2.75, 3.05) is 46.4 Å². The number of aromatic nitrogens is 2. The number of morpholine rings is 1. The van der Waals surface area contributed by atoms with E-state index in [1.54, 1.807) is 11.9 Å². The second-order valence-electron chi connectivity index (χ2n) is 5.90. The van der Waals surface area contributed by atoms with Gasteiger partial charge in [-0.1, -0.05) is 0 Å². The van der Waals surface area contributed by atoms with Gasteiger partial charge in [0.05, 0.1) is 25.5 Å². The lowest BCUT2D eigenvalue weighted by Crippen LogP contribution is -2.44. The Labute approximate surface area is 133 Å². The molecule has 2 rings (SSSR count). The molecule has 1 aliphatic rings. The van der Waals surface area contributed by atoms with E-state index in [1.165, 1.54) is 13.2 Å². The largest absolute Gasteiger partial charge is 0.433 e. The van der Waals surface area contributed by atoms with Crippen LogP contribution in [0.4, 0.5) is 13.2 Å². The normalized spacial score (nSPS) is 18.6. The number of rotatable bonds is 6. The molecule has 23 heavy (non-hydrogen) atoms. The maximum atomic E-state index is 13.0. The van der Waals surface area contributed by atoms with E-state index in [1.807, 2.05) is 0 Å². The molecule has 0 aliphatic carbocycles. The Kier molecular flexibility index (Phi) is 6.01. The lowest BCUT2D eigenvalue weighted by atomic mass is 10.2. The summed E-state index contributed by atoms with van der Waals surface area (Å²) < 4.78 is 45.1. The molecule has 0 bridgehead atoms. The molecule has 1 aromatic heterocycles. The maximum Gasteiger partial charge on any atom is 0.433 e. The van der Waals surface area contributed by atoms with Crippen molar-refractivity contribution in [2.45, 2.75) is 18.8 Å². The average Bonchev–Trinajstić information content (AvgIpc) is 2.80. The summed E-state index contributed by atoms with van der Waals surface area (Å²) in [5.41, 5.74) is -0.631. The molecule has 0 saturated carbocycles. The summed E-state index contributed by atoms with van der Waals surface area (Å²) in [4.78, 5) is 3.77. The summed E-state index contributed by atoms with van der Waals surface area (Å²) >= 11 is 0. The topological polar surface area (TPSA) is 53.8 Å². The molecule has 1 fully saturated rings. The zero-order valence-corrected chi connectivity index (χ0v) is 13.4. The predicted molar refractivity (Wildman–Crippen MR) is 77.8 cm³/mol. The van der Waals surface area contributed by atoms with Crippen LogP contribution in [-0.4, -0.2) is 77.2 Å². The van der Waals surface area contributed by atoms with Crippen LogP contribution in [0.1, 0.15) is 11.3 Å². The molecule has 0 spiro atoms. The molecule has 1 aromatic rings. The summed E-state index contributed by atoms with van der Waals surface area (Å²) in [6, 6.07) is 0. The van der Waals surface area contributed by atoms with Gasteiger partial charge in [0.25, 0.3) is 0 Å². The van der Waals surface area contributed by atoms with Crippen molar-refractivity contribution in [1.82, 2.24) is 19.6 Å². The molecule has 0 amide bonds. The number of alkyl halides is 3. The van der Waals surface area contributed by atoms with Crippen LogP contribution in [-0.2, 0) is 24.5 Å². The second kappa shape index (κ2) is 7.61. The van der Waals surface area contributed by atoms with Gasteiger partial charge in [-0.15, -0.1) is 0 Å². The highest BCUT2D eigenvalue weighted by Gasteiger charge is 2.37. The van der Waals surface area contributed by atoms with Gasteiger partial charge >= 0.3 is 6.18 Å². The minimum Gasteiger partial charge on any atom is -0.390 e. The summed E-state index contributed by atoms with van der Waals surface area (Å²) in [6.07, 6.45) is -3.83. The first-order valence-electron chi connectivity index (χ1n) is 7.52. The number of ether oxygens (including phenoxy) is 1. The number of hydrogen-bond donors (Lipinski definition) is 1. The minimum absolute atomic E-state index is 0.0862. The van der Waals surface area contributed by atoms with Crippen molar-refractivity contribution in [3.8, 4) is 0 Å². The van der Waals surface area contributed by atoms with Crippen molar-refractivity contribution in [3.63, 3.8) is 0 Å². The standard InChI is InChI=1S/C14H23F3N4O2/c1-19(9-12(22)10-21-3-5-23-6-4-21)8-11-7-18-20(2)13(11)14(15,16)17/h7,12,22H,3-6,8-10H2,1-2H3. The van der Waals surface area contributed by atoms with Crippen molar-refractivity contribution in [1.29, 1.82) is 0 Å². The number of hydrogen-bond acceptors (Lipinski definition) is 5. The van der Waals surface area contributed by atoms with Crippen LogP contribution in [0.3, 0.4) is 0 Å². The smallest absolute Gasteiger partial charge is 0.390 e. The minimum atomic E-state index is -4.44. The highest BCUT2D eigenvalue weighted by molar-refractivity contribution is 5.20. The van der Waals surface area contributed by atoms with Gasteiger partial charge in [0.1, 0.15) is 5.69 Å². The SMILES string of the molecule is CN(Cc1cnn(C)c1C(F)(F)F)CC(O)CN1CCOCC1. The number of aryl methyl sites for hydroxylation is 1. The molecule has 1 aliphatic heterocycles. The first kappa shape index (κ1) is 18.2. The highest BCUT2D eigenvalue weighted by Crippen LogP contribution is 2.31. The molecule has 132 valence electrons. The third kappa shape index (κ3) is 5.17. The van der Waals surface area contributed by atoms with Crippen molar-refractivity contribution in [3.05, 3.63) is 17.5 Å². The lowest BCUT2D eigenvalue weighted by Gasteiger charge is -2.30. The monoisotopic (exact) mass is 336 g/mol. The van der Waals surface area contributed by atoms with E-state index < -0.39 is 18.0 Å². The highest BCUT2D eigenvalue weighted by atomic mass is 19.4. The van der Waals surface area contributed by atoms with Crippen molar-refractivity contribution in [2.24, 2.45) is 7.05 Å². The van der Waals surface area contributed by atoms with Gasteiger partial charge in [-0.2, -0.15) is 18.3 Å². The molecule has 1 unspecified atom stereocenters.